The standard InChI is InChI=1S/C10H18N2O2/c1-3-4-5-6-7-8-10(12-11)14-9(2)13/h3-8H2,1-2H3. The minimum Gasteiger partial charge on any atom is -0.362 e. The van der Waals surface area contributed by atoms with Crippen LogP contribution in [0.25, 0.3) is 5.53 Å². The lowest BCUT2D eigenvalue weighted by Crippen LogP contribution is -2.10. The molecule has 0 amide bonds. The Bertz CT molecular complexity index is 220. The van der Waals surface area contributed by atoms with Crippen molar-refractivity contribution in [3.63, 3.8) is 0 Å². The van der Waals surface area contributed by atoms with Crippen LogP contribution in [0.4, 0.5) is 0 Å². The SMILES string of the molecule is CCCCCCCC(=[N+]=[N-])OC(C)=O. The van der Waals surface area contributed by atoms with Crippen LogP contribution in [0.1, 0.15) is 52.4 Å². The van der Waals surface area contributed by atoms with Crippen LogP contribution in [0.15, 0.2) is 0 Å². The molecule has 0 saturated heterocycles. The Morgan fingerprint density at radius 1 is 1.29 bits per heavy atom. The molecule has 0 aromatic rings. The highest BCUT2D eigenvalue weighted by molar-refractivity contribution is 5.84. The minimum absolute atomic E-state index is 0.119. The number of hydrogen-bond acceptors (Lipinski definition) is 2. The Morgan fingerprint density at radius 2 is 1.93 bits per heavy atom. The van der Waals surface area contributed by atoms with Gasteiger partial charge in [-0.2, -0.15) is 0 Å². The first-order chi connectivity index (χ1) is 6.70. The molecule has 0 aromatic heterocycles. The topological polar surface area (TPSA) is 62.7 Å². The lowest BCUT2D eigenvalue weighted by Gasteiger charge is -1.97. The lowest BCUT2D eigenvalue weighted by molar-refractivity contribution is -0.138. The molecule has 0 aromatic carbocycles. The van der Waals surface area contributed by atoms with Gasteiger partial charge in [-0.25, -0.2) is 0 Å². The summed E-state index contributed by atoms with van der Waals surface area (Å²) in [6.07, 6.45) is 6.10. The van der Waals surface area contributed by atoms with Crippen molar-refractivity contribution >= 4 is 11.9 Å². The number of carbonyl (C=O) groups excluding carboxylic acids is 1. The van der Waals surface area contributed by atoms with Gasteiger partial charge in [0.1, 0.15) is 0 Å². The second-order valence-electron chi connectivity index (χ2n) is 3.25. The molecule has 0 aliphatic rings. The second-order valence-corrected chi connectivity index (χ2v) is 3.25. The van der Waals surface area contributed by atoms with Gasteiger partial charge in [-0.05, 0) is 6.42 Å². The van der Waals surface area contributed by atoms with E-state index in [9.17, 15) is 4.79 Å². The van der Waals surface area contributed by atoms with Gasteiger partial charge < -0.3 is 10.3 Å². The Kier molecular flexibility index (Phi) is 7.75. The highest BCUT2D eigenvalue weighted by atomic mass is 16.5. The molecule has 0 heterocycles. The smallest absolute Gasteiger partial charge is 0.362 e. The summed E-state index contributed by atoms with van der Waals surface area (Å²) in [5.41, 5.74) is 8.49. The Labute approximate surface area is 84.9 Å². The average Bonchev–Trinajstić information content (AvgIpc) is 2.15. The van der Waals surface area contributed by atoms with Crippen LogP contribution >= 0.6 is 0 Å². The minimum atomic E-state index is -0.439. The van der Waals surface area contributed by atoms with Gasteiger partial charge in [0.25, 0.3) is 0 Å². The normalized spacial score (nSPS) is 9.29. The van der Waals surface area contributed by atoms with Crippen LogP contribution in [0.5, 0.6) is 0 Å². The molecule has 0 atom stereocenters. The van der Waals surface area contributed by atoms with Gasteiger partial charge in [-0.1, -0.05) is 32.6 Å². The molecule has 0 bridgehead atoms. The zero-order valence-electron chi connectivity index (χ0n) is 8.95. The van der Waals surface area contributed by atoms with Crippen molar-refractivity contribution in [2.75, 3.05) is 0 Å². The van der Waals surface area contributed by atoms with Gasteiger partial charge in [0.15, 0.2) is 0 Å². The maximum absolute atomic E-state index is 10.5. The Balaban J connectivity index is 3.54. The average molecular weight is 198 g/mol. The highest BCUT2D eigenvalue weighted by Crippen LogP contribution is 2.05. The van der Waals surface area contributed by atoms with E-state index in [0.717, 1.165) is 12.8 Å². The molecule has 0 radical (unpaired) electrons. The molecule has 0 N–H and O–H groups in total. The van der Waals surface area contributed by atoms with Gasteiger partial charge in [-0.3, -0.25) is 4.79 Å². The summed E-state index contributed by atoms with van der Waals surface area (Å²) in [7, 11) is 0. The van der Waals surface area contributed by atoms with E-state index in [2.05, 4.69) is 16.5 Å². The summed E-state index contributed by atoms with van der Waals surface area (Å²) < 4.78 is 4.67. The molecule has 4 nitrogen and oxygen atoms in total. The molecular formula is C10H18N2O2. The lowest BCUT2D eigenvalue weighted by atomic mass is 10.1. The Hall–Kier alpha value is -1.15. The van der Waals surface area contributed by atoms with Crippen LogP contribution in [0.2, 0.25) is 0 Å². The van der Waals surface area contributed by atoms with Crippen molar-refractivity contribution in [2.24, 2.45) is 0 Å². The number of unbranched alkanes of at least 4 members (excludes halogenated alkanes) is 4. The van der Waals surface area contributed by atoms with Crippen LogP contribution < -0.4 is 0 Å². The monoisotopic (exact) mass is 198 g/mol. The quantitative estimate of drug-likeness (QED) is 0.164. The van der Waals surface area contributed by atoms with Crippen LogP contribution in [0, 0.1) is 0 Å². The van der Waals surface area contributed by atoms with Crippen molar-refractivity contribution in [3.8, 4) is 0 Å². The van der Waals surface area contributed by atoms with Crippen molar-refractivity contribution in [3.05, 3.63) is 5.53 Å². The van der Waals surface area contributed by atoms with Crippen molar-refractivity contribution in [1.82, 2.24) is 0 Å². The molecule has 0 aliphatic carbocycles. The molecule has 0 fully saturated rings. The molecule has 0 spiro atoms. The third kappa shape index (κ3) is 7.50. The number of esters is 1. The van der Waals surface area contributed by atoms with Gasteiger partial charge in [0.05, 0.1) is 6.42 Å². The third-order valence-corrected chi connectivity index (χ3v) is 1.87. The van der Waals surface area contributed by atoms with E-state index < -0.39 is 5.97 Å². The second kappa shape index (κ2) is 8.45. The number of rotatable bonds is 6. The zero-order chi connectivity index (χ0) is 10.8. The molecule has 0 saturated carbocycles. The Morgan fingerprint density at radius 3 is 2.43 bits per heavy atom. The van der Waals surface area contributed by atoms with E-state index in [1.54, 1.807) is 0 Å². The summed E-state index contributed by atoms with van der Waals surface area (Å²) in [6, 6.07) is 0. The predicted molar refractivity (Wildman–Crippen MR) is 53.8 cm³/mol. The summed E-state index contributed by atoms with van der Waals surface area (Å²) in [5.74, 6) is -0.319. The number of hydrogen-bond donors (Lipinski definition) is 0. The van der Waals surface area contributed by atoms with Crippen LogP contribution in [-0.2, 0) is 9.53 Å². The number of nitrogens with zero attached hydrogens (tertiary/aromatic N) is 2. The molecule has 0 rings (SSSR count). The summed E-state index contributed by atoms with van der Waals surface area (Å²) in [4.78, 5) is 13.5. The fourth-order valence-corrected chi connectivity index (χ4v) is 1.17. The summed E-state index contributed by atoms with van der Waals surface area (Å²) in [5, 5.41) is 0. The predicted octanol–water partition coefficient (Wildman–Crippen LogP) is 2.54. The molecular weight excluding hydrogens is 180 g/mol. The van der Waals surface area contributed by atoms with Gasteiger partial charge >= 0.3 is 11.9 Å². The maximum Gasteiger partial charge on any atom is 0.457 e. The maximum atomic E-state index is 10.5. The summed E-state index contributed by atoms with van der Waals surface area (Å²) in [6.45, 7) is 3.45. The first kappa shape index (κ1) is 12.8. The largest absolute Gasteiger partial charge is 0.457 e. The van der Waals surface area contributed by atoms with Gasteiger partial charge in [0.2, 0.25) is 0 Å². The van der Waals surface area contributed by atoms with Crippen LogP contribution in [-0.4, -0.2) is 16.7 Å². The fraction of sp³-hybridized carbons (Fsp3) is 0.800. The fourth-order valence-electron chi connectivity index (χ4n) is 1.17. The van der Waals surface area contributed by atoms with Crippen molar-refractivity contribution in [2.45, 2.75) is 52.4 Å². The van der Waals surface area contributed by atoms with Gasteiger partial charge in [0, 0.05) is 6.92 Å². The van der Waals surface area contributed by atoms with Crippen LogP contribution in [0.3, 0.4) is 0 Å². The third-order valence-electron chi connectivity index (χ3n) is 1.87. The molecule has 0 aliphatic heterocycles. The van der Waals surface area contributed by atoms with Crippen molar-refractivity contribution < 1.29 is 14.3 Å². The van der Waals surface area contributed by atoms with Gasteiger partial charge in [-0.15, -0.1) is 4.79 Å². The number of carbonyl (C=O) groups is 1. The van der Waals surface area contributed by atoms with Crippen molar-refractivity contribution in [1.29, 1.82) is 0 Å². The molecule has 4 heteroatoms. The van der Waals surface area contributed by atoms with E-state index in [1.165, 1.54) is 26.2 Å². The van der Waals surface area contributed by atoms with E-state index in [-0.39, 0.29) is 5.90 Å². The summed E-state index contributed by atoms with van der Waals surface area (Å²) >= 11 is 0. The van der Waals surface area contributed by atoms with E-state index in [0.29, 0.717) is 6.42 Å². The molecule has 14 heavy (non-hydrogen) atoms. The first-order valence-electron chi connectivity index (χ1n) is 5.10. The zero-order valence-corrected chi connectivity index (χ0v) is 8.95. The molecule has 0 unspecified atom stereocenters. The van der Waals surface area contributed by atoms with E-state index in [4.69, 9.17) is 5.53 Å². The van der Waals surface area contributed by atoms with E-state index in [1.807, 2.05) is 0 Å². The molecule has 80 valence electrons. The highest BCUT2D eigenvalue weighted by Gasteiger charge is 2.11. The first-order valence-corrected chi connectivity index (χ1v) is 5.10. The van der Waals surface area contributed by atoms with E-state index >= 15 is 0 Å². The number of ether oxygens (including phenoxy) is 1.